The number of carbonyl (C=O) groups excluding carboxylic acids is 1. The molecule has 1 rings (SSSR count). The Morgan fingerprint density at radius 3 is 1.82 bits per heavy atom. The molecule has 0 spiro atoms. The van der Waals surface area contributed by atoms with E-state index in [4.69, 9.17) is 0 Å². The van der Waals surface area contributed by atoms with Gasteiger partial charge in [0.15, 0.2) is 0 Å². The van der Waals surface area contributed by atoms with Crippen LogP contribution in [0.1, 0.15) is 27.7 Å². The van der Waals surface area contributed by atoms with Crippen LogP contribution >= 0.6 is 0 Å². The Kier molecular flexibility index (Phi) is 1.55. The van der Waals surface area contributed by atoms with Crippen LogP contribution in [0.2, 0.25) is 0 Å². The fraction of sp³-hybridized carbons (Fsp3) is 0.889. The normalized spacial score (nSPS) is 27.7. The van der Waals surface area contributed by atoms with E-state index in [0.717, 1.165) is 6.54 Å². The van der Waals surface area contributed by atoms with Gasteiger partial charge < -0.3 is 4.90 Å². The fourth-order valence-electron chi connectivity index (χ4n) is 1.63. The summed E-state index contributed by atoms with van der Waals surface area (Å²) in [6.07, 6.45) is 0. The SMILES string of the molecule is CN1CC(C)(C)C(C)(C)C1=O. The van der Waals surface area contributed by atoms with Crippen molar-refractivity contribution in [3.63, 3.8) is 0 Å². The zero-order valence-electron chi connectivity index (χ0n) is 8.06. The van der Waals surface area contributed by atoms with Crippen molar-refractivity contribution in [2.75, 3.05) is 13.6 Å². The lowest BCUT2D eigenvalue weighted by molar-refractivity contribution is -0.134. The van der Waals surface area contributed by atoms with E-state index in [1.807, 2.05) is 25.8 Å². The molecule has 0 radical (unpaired) electrons. The van der Waals surface area contributed by atoms with Crippen molar-refractivity contribution < 1.29 is 4.79 Å². The van der Waals surface area contributed by atoms with Gasteiger partial charge in [-0.15, -0.1) is 0 Å². The summed E-state index contributed by atoms with van der Waals surface area (Å²) in [5.74, 6) is 0.266. The molecule has 0 aliphatic carbocycles. The zero-order chi connectivity index (χ0) is 8.86. The Balaban J connectivity index is 3.02. The van der Waals surface area contributed by atoms with E-state index >= 15 is 0 Å². The molecule has 0 aromatic rings. The van der Waals surface area contributed by atoms with Crippen molar-refractivity contribution in [3.05, 3.63) is 0 Å². The molecule has 2 nitrogen and oxygen atoms in total. The average molecular weight is 155 g/mol. The van der Waals surface area contributed by atoms with Gasteiger partial charge in [0.25, 0.3) is 0 Å². The molecule has 2 heteroatoms. The van der Waals surface area contributed by atoms with Crippen LogP contribution in [0.25, 0.3) is 0 Å². The molecule has 64 valence electrons. The van der Waals surface area contributed by atoms with Gasteiger partial charge in [0, 0.05) is 13.6 Å². The van der Waals surface area contributed by atoms with Gasteiger partial charge in [0.2, 0.25) is 5.91 Å². The van der Waals surface area contributed by atoms with Crippen LogP contribution in [-0.4, -0.2) is 24.4 Å². The highest BCUT2D eigenvalue weighted by molar-refractivity contribution is 5.85. The number of likely N-dealkylation sites (tertiary alicyclic amines) is 1. The van der Waals surface area contributed by atoms with Gasteiger partial charge in [-0.25, -0.2) is 0 Å². The van der Waals surface area contributed by atoms with Crippen molar-refractivity contribution in [1.82, 2.24) is 4.90 Å². The van der Waals surface area contributed by atoms with E-state index in [9.17, 15) is 4.79 Å². The van der Waals surface area contributed by atoms with Crippen LogP contribution in [0.4, 0.5) is 0 Å². The fourth-order valence-corrected chi connectivity index (χ4v) is 1.63. The predicted molar refractivity (Wildman–Crippen MR) is 45.2 cm³/mol. The highest BCUT2D eigenvalue weighted by Crippen LogP contribution is 2.45. The Hall–Kier alpha value is -0.530. The second-order valence-electron chi connectivity index (χ2n) is 4.67. The molecule has 1 fully saturated rings. The Bertz CT molecular complexity index is 194. The number of rotatable bonds is 0. The lowest BCUT2D eigenvalue weighted by atomic mass is 9.70. The van der Waals surface area contributed by atoms with Gasteiger partial charge in [-0.1, -0.05) is 27.7 Å². The van der Waals surface area contributed by atoms with E-state index < -0.39 is 0 Å². The summed E-state index contributed by atoms with van der Waals surface area (Å²) in [7, 11) is 1.87. The van der Waals surface area contributed by atoms with Crippen molar-refractivity contribution >= 4 is 5.91 Å². The first-order valence-corrected chi connectivity index (χ1v) is 4.04. The molecule has 11 heavy (non-hydrogen) atoms. The van der Waals surface area contributed by atoms with Crippen LogP contribution in [0.3, 0.4) is 0 Å². The van der Waals surface area contributed by atoms with Gasteiger partial charge in [0.1, 0.15) is 0 Å². The van der Waals surface area contributed by atoms with E-state index in [1.54, 1.807) is 0 Å². The van der Waals surface area contributed by atoms with Gasteiger partial charge >= 0.3 is 0 Å². The number of carbonyl (C=O) groups is 1. The summed E-state index contributed by atoms with van der Waals surface area (Å²) in [5, 5.41) is 0. The Morgan fingerprint density at radius 1 is 1.27 bits per heavy atom. The van der Waals surface area contributed by atoms with E-state index in [2.05, 4.69) is 13.8 Å². The molecule has 0 aromatic carbocycles. The average Bonchev–Trinajstić information content (AvgIpc) is 1.93. The maximum absolute atomic E-state index is 11.6. The molecule has 0 atom stereocenters. The Morgan fingerprint density at radius 2 is 1.73 bits per heavy atom. The maximum atomic E-state index is 11.6. The smallest absolute Gasteiger partial charge is 0.228 e. The third-order valence-electron chi connectivity index (χ3n) is 3.21. The highest BCUT2D eigenvalue weighted by atomic mass is 16.2. The van der Waals surface area contributed by atoms with Gasteiger partial charge in [0.05, 0.1) is 5.41 Å². The molecule has 0 aromatic heterocycles. The molecular weight excluding hydrogens is 138 g/mol. The molecule has 1 aliphatic heterocycles. The number of amides is 1. The molecule has 0 bridgehead atoms. The monoisotopic (exact) mass is 155 g/mol. The van der Waals surface area contributed by atoms with Gasteiger partial charge in [-0.2, -0.15) is 0 Å². The third-order valence-corrected chi connectivity index (χ3v) is 3.21. The summed E-state index contributed by atoms with van der Waals surface area (Å²) in [6, 6.07) is 0. The number of hydrogen-bond acceptors (Lipinski definition) is 1. The largest absolute Gasteiger partial charge is 0.345 e. The number of hydrogen-bond donors (Lipinski definition) is 0. The van der Waals surface area contributed by atoms with Crippen LogP contribution < -0.4 is 0 Å². The van der Waals surface area contributed by atoms with Crippen molar-refractivity contribution in [1.29, 1.82) is 0 Å². The van der Waals surface area contributed by atoms with Crippen molar-refractivity contribution in [2.45, 2.75) is 27.7 Å². The molecule has 0 saturated carbocycles. The van der Waals surface area contributed by atoms with Crippen LogP contribution in [0.15, 0.2) is 0 Å². The summed E-state index contributed by atoms with van der Waals surface area (Å²) in [4.78, 5) is 13.4. The highest BCUT2D eigenvalue weighted by Gasteiger charge is 2.51. The molecule has 0 unspecified atom stereocenters. The second-order valence-corrected chi connectivity index (χ2v) is 4.67. The second kappa shape index (κ2) is 1.99. The van der Waals surface area contributed by atoms with E-state index in [1.165, 1.54) is 0 Å². The molecule has 1 saturated heterocycles. The van der Waals surface area contributed by atoms with Crippen molar-refractivity contribution in [2.24, 2.45) is 10.8 Å². The number of nitrogens with zero attached hydrogens (tertiary/aromatic N) is 1. The third kappa shape index (κ3) is 0.959. The zero-order valence-corrected chi connectivity index (χ0v) is 8.06. The molecule has 1 aliphatic rings. The van der Waals surface area contributed by atoms with Gasteiger partial charge in [-0.3, -0.25) is 4.79 Å². The molecule has 1 amide bonds. The first-order valence-electron chi connectivity index (χ1n) is 4.04. The standard InChI is InChI=1S/C9H17NO/c1-8(2)6-10(5)7(11)9(8,3)4/h6H2,1-5H3. The van der Waals surface area contributed by atoms with Crippen LogP contribution in [0.5, 0.6) is 0 Å². The van der Waals surface area contributed by atoms with Gasteiger partial charge in [-0.05, 0) is 5.41 Å². The summed E-state index contributed by atoms with van der Waals surface area (Å²) in [5.41, 5.74) is -0.0828. The summed E-state index contributed by atoms with van der Waals surface area (Å²) < 4.78 is 0. The quantitative estimate of drug-likeness (QED) is 0.519. The maximum Gasteiger partial charge on any atom is 0.228 e. The lowest BCUT2D eigenvalue weighted by Gasteiger charge is -2.30. The van der Waals surface area contributed by atoms with Crippen LogP contribution in [0, 0.1) is 10.8 Å². The topological polar surface area (TPSA) is 20.3 Å². The minimum absolute atomic E-state index is 0.110. The van der Waals surface area contributed by atoms with E-state index in [0.29, 0.717) is 0 Å². The lowest BCUT2D eigenvalue weighted by Crippen LogP contribution is -2.33. The van der Waals surface area contributed by atoms with Crippen molar-refractivity contribution in [3.8, 4) is 0 Å². The minimum Gasteiger partial charge on any atom is -0.345 e. The molecule has 0 N–H and O–H groups in total. The first kappa shape index (κ1) is 8.57. The molecule has 1 heterocycles. The predicted octanol–water partition coefficient (Wildman–Crippen LogP) is 1.51. The molecular formula is C9H17NO. The summed E-state index contributed by atoms with van der Waals surface area (Å²) >= 11 is 0. The van der Waals surface area contributed by atoms with Crippen LogP contribution in [-0.2, 0) is 4.79 Å². The summed E-state index contributed by atoms with van der Waals surface area (Å²) in [6.45, 7) is 9.22. The Labute approximate surface area is 68.6 Å². The minimum atomic E-state index is -0.193. The first-order chi connectivity index (χ1) is 4.79. The van der Waals surface area contributed by atoms with E-state index in [-0.39, 0.29) is 16.7 Å².